The molecule has 1 amide bonds. The molecule has 0 bridgehead atoms. The fourth-order valence-corrected chi connectivity index (χ4v) is 2.08. The van der Waals surface area contributed by atoms with E-state index < -0.39 is 0 Å². The molecule has 0 aliphatic rings. The number of para-hydroxylation sites is 1. The number of anilines is 1. The monoisotopic (exact) mass is 284 g/mol. The zero-order chi connectivity index (χ0) is 15.1. The van der Waals surface area contributed by atoms with Crippen molar-refractivity contribution in [2.45, 2.75) is 6.42 Å². The van der Waals surface area contributed by atoms with E-state index in [0.717, 1.165) is 18.7 Å². The van der Waals surface area contributed by atoms with Crippen molar-refractivity contribution in [3.05, 3.63) is 60.2 Å². The maximum Gasteiger partial charge on any atom is 0.251 e. The molecule has 2 rings (SSSR count). The quantitative estimate of drug-likeness (QED) is 0.802. The molecule has 21 heavy (non-hydrogen) atoms. The number of hydrogen-bond donors (Lipinski definition) is 2. The minimum Gasteiger partial charge on any atom is -0.508 e. The van der Waals surface area contributed by atoms with Gasteiger partial charge in [0.25, 0.3) is 5.91 Å². The Balaban J connectivity index is 1.74. The summed E-state index contributed by atoms with van der Waals surface area (Å²) in [5.41, 5.74) is 1.64. The molecule has 0 aliphatic carbocycles. The largest absolute Gasteiger partial charge is 0.508 e. The number of rotatable bonds is 6. The average molecular weight is 284 g/mol. The first-order chi connectivity index (χ1) is 10.2. The van der Waals surface area contributed by atoms with Crippen molar-refractivity contribution in [1.82, 2.24) is 5.32 Å². The van der Waals surface area contributed by atoms with Crippen LogP contribution in [0.5, 0.6) is 5.75 Å². The summed E-state index contributed by atoms with van der Waals surface area (Å²) in [7, 11) is 2.03. The van der Waals surface area contributed by atoms with Gasteiger partial charge in [-0.1, -0.05) is 24.3 Å². The Morgan fingerprint density at radius 3 is 2.62 bits per heavy atom. The molecule has 0 aromatic heterocycles. The van der Waals surface area contributed by atoms with Gasteiger partial charge in [-0.2, -0.15) is 0 Å². The Hall–Kier alpha value is -2.49. The summed E-state index contributed by atoms with van der Waals surface area (Å²) >= 11 is 0. The van der Waals surface area contributed by atoms with Gasteiger partial charge in [-0.05, 0) is 36.8 Å². The van der Waals surface area contributed by atoms with E-state index in [-0.39, 0.29) is 11.7 Å². The van der Waals surface area contributed by atoms with Crippen LogP contribution in [0, 0.1) is 0 Å². The van der Waals surface area contributed by atoms with Crippen LogP contribution < -0.4 is 10.2 Å². The molecule has 4 heteroatoms. The van der Waals surface area contributed by atoms with E-state index in [0.29, 0.717) is 12.1 Å². The van der Waals surface area contributed by atoms with Crippen molar-refractivity contribution in [2.75, 3.05) is 25.0 Å². The number of benzene rings is 2. The summed E-state index contributed by atoms with van der Waals surface area (Å²) in [6.07, 6.45) is 0.857. The molecule has 0 spiro atoms. The van der Waals surface area contributed by atoms with Crippen LogP contribution in [0.15, 0.2) is 54.6 Å². The van der Waals surface area contributed by atoms with Crippen LogP contribution in [0.2, 0.25) is 0 Å². The zero-order valence-electron chi connectivity index (χ0n) is 12.1. The van der Waals surface area contributed by atoms with E-state index in [2.05, 4.69) is 22.3 Å². The van der Waals surface area contributed by atoms with Crippen LogP contribution in [0.3, 0.4) is 0 Å². The molecule has 0 aliphatic heterocycles. The first kappa shape index (κ1) is 14.9. The van der Waals surface area contributed by atoms with Gasteiger partial charge in [0.05, 0.1) is 0 Å². The van der Waals surface area contributed by atoms with Gasteiger partial charge in [-0.15, -0.1) is 0 Å². The van der Waals surface area contributed by atoms with Crippen LogP contribution in [-0.4, -0.2) is 31.2 Å². The minimum atomic E-state index is -0.159. The van der Waals surface area contributed by atoms with Crippen LogP contribution in [0.1, 0.15) is 16.8 Å². The second-order valence-corrected chi connectivity index (χ2v) is 4.92. The lowest BCUT2D eigenvalue weighted by Gasteiger charge is -2.19. The number of carbonyl (C=O) groups is 1. The molecule has 0 saturated heterocycles. The van der Waals surface area contributed by atoms with E-state index >= 15 is 0 Å². The molecule has 0 fully saturated rings. The summed E-state index contributed by atoms with van der Waals surface area (Å²) in [5.74, 6) is -0.0558. The van der Waals surface area contributed by atoms with Crippen molar-refractivity contribution in [3.63, 3.8) is 0 Å². The van der Waals surface area contributed by atoms with Crippen molar-refractivity contribution in [1.29, 1.82) is 0 Å². The van der Waals surface area contributed by atoms with E-state index in [1.54, 1.807) is 18.2 Å². The standard InChI is InChI=1S/C17H20N2O2/c1-19(15-8-3-2-4-9-15)12-6-11-18-17(21)14-7-5-10-16(20)13-14/h2-5,7-10,13,20H,6,11-12H2,1H3,(H,18,21). The summed E-state index contributed by atoms with van der Waals surface area (Å²) in [6, 6.07) is 16.5. The van der Waals surface area contributed by atoms with Crippen molar-refractivity contribution in [3.8, 4) is 5.75 Å². The molecule has 2 aromatic carbocycles. The highest BCUT2D eigenvalue weighted by atomic mass is 16.3. The molecule has 2 N–H and O–H groups in total. The number of nitrogens with zero attached hydrogens (tertiary/aromatic N) is 1. The highest BCUT2D eigenvalue weighted by Crippen LogP contribution is 2.11. The van der Waals surface area contributed by atoms with Crippen LogP contribution in [-0.2, 0) is 0 Å². The van der Waals surface area contributed by atoms with Crippen molar-refractivity contribution in [2.24, 2.45) is 0 Å². The predicted molar refractivity (Wildman–Crippen MR) is 84.8 cm³/mol. The number of aromatic hydroxyl groups is 1. The molecule has 0 unspecified atom stereocenters. The fraction of sp³-hybridized carbons (Fsp3) is 0.235. The van der Waals surface area contributed by atoms with Gasteiger partial charge in [-0.3, -0.25) is 4.79 Å². The second kappa shape index (κ2) is 7.33. The van der Waals surface area contributed by atoms with E-state index in [9.17, 15) is 9.90 Å². The van der Waals surface area contributed by atoms with E-state index in [1.165, 1.54) is 6.07 Å². The molecule has 110 valence electrons. The van der Waals surface area contributed by atoms with Gasteiger partial charge in [0.15, 0.2) is 0 Å². The Labute approximate surface area is 125 Å². The van der Waals surface area contributed by atoms with E-state index in [1.807, 2.05) is 25.2 Å². The number of carbonyl (C=O) groups excluding carboxylic acids is 1. The maximum absolute atomic E-state index is 11.9. The lowest BCUT2D eigenvalue weighted by atomic mass is 10.2. The third kappa shape index (κ3) is 4.53. The molecular weight excluding hydrogens is 264 g/mol. The van der Waals surface area contributed by atoms with Crippen LogP contribution >= 0.6 is 0 Å². The molecule has 0 saturated carbocycles. The van der Waals surface area contributed by atoms with Crippen LogP contribution in [0.25, 0.3) is 0 Å². The second-order valence-electron chi connectivity index (χ2n) is 4.92. The summed E-state index contributed by atoms with van der Waals surface area (Å²) in [6.45, 7) is 1.47. The number of phenolic OH excluding ortho intramolecular Hbond substituents is 1. The summed E-state index contributed by atoms with van der Waals surface area (Å²) in [4.78, 5) is 14.0. The number of phenols is 1. The number of amides is 1. The smallest absolute Gasteiger partial charge is 0.251 e. The minimum absolute atomic E-state index is 0.103. The number of nitrogens with one attached hydrogen (secondary N) is 1. The highest BCUT2D eigenvalue weighted by molar-refractivity contribution is 5.94. The molecule has 2 aromatic rings. The zero-order valence-corrected chi connectivity index (χ0v) is 12.1. The first-order valence-electron chi connectivity index (χ1n) is 7.00. The molecule has 0 heterocycles. The van der Waals surface area contributed by atoms with Crippen molar-refractivity contribution >= 4 is 11.6 Å². The molecule has 0 atom stereocenters. The predicted octanol–water partition coefficient (Wildman–Crippen LogP) is 2.65. The van der Waals surface area contributed by atoms with Crippen molar-refractivity contribution < 1.29 is 9.90 Å². The first-order valence-corrected chi connectivity index (χ1v) is 7.00. The molecule has 0 radical (unpaired) electrons. The normalized spacial score (nSPS) is 10.1. The van der Waals surface area contributed by atoms with Gasteiger partial charge in [0.2, 0.25) is 0 Å². The van der Waals surface area contributed by atoms with Gasteiger partial charge in [-0.25, -0.2) is 0 Å². The average Bonchev–Trinajstić information content (AvgIpc) is 2.52. The van der Waals surface area contributed by atoms with Gasteiger partial charge < -0.3 is 15.3 Å². The summed E-state index contributed by atoms with van der Waals surface area (Å²) in [5, 5.41) is 12.2. The molecule has 4 nitrogen and oxygen atoms in total. The lowest BCUT2D eigenvalue weighted by Crippen LogP contribution is -2.28. The fourth-order valence-electron chi connectivity index (χ4n) is 2.08. The van der Waals surface area contributed by atoms with Gasteiger partial charge in [0, 0.05) is 31.4 Å². The Morgan fingerprint density at radius 2 is 1.90 bits per heavy atom. The Morgan fingerprint density at radius 1 is 1.14 bits per heavy atom. The SMILES string of the molecule is CN(CCCNC(=O)c1cccc(O)c1)c1ccccc1. The van der Waals surface area contributed by atoms with Crippen LogP contribution in [0.4, 0.5) is 5.69 Å². The Bertz CT molecular complexity index is 584. The lowest BCUT2D eigenvalue weighted by molar-refractivity contribution is 0.0953. The third-order valence-corrected chi connectivity index (χ3v) is 3.26. The third-order valence-electron chi connectivity index (χ3n) is 3.26. The Kier molecular flexibility index (Phi) is 5.21. The maximum atomic E-state index is 11.9. The summed E-state index contributed by atoms with van der Waals surface area (Å²) < 4.78 is 0. The highest BCUT2D eigenvalue weighted by Gasteiger charge is 2.05. The molecular formula is C17H20N2O2. The van der Waals surface area contributed by atoms with Gasteiger partial charge >= 0.3 is 0 Å². The topological polar surface area (TPSA) is 52.6 Å². The van der Waals surface area contributed by atoms with Gasteiger partial charge in [0.1, 0.15) is 5.75 Å². The van der Waals surface area contributed by atoms with E-state index in [4.69, 9.17) is 0 Å². The number of hydrogen-bond acceptors (Lipinski definition) is 3.